The van der Waals surface area contributed by atoms with Gasteiger partial charge in [-0.15, -0.1) is 0 Å². The van der Waals surface area contributed by atoms with Crippen LogP contribution in [0.15, 0.2) is 72.8 Å². The van der Waals surface area contributed by atoms with Gasteiger partial charge in [-0.25, -0.2) is 0 Å². The number of para-hydroxylation sites is 1. The van der Waals surface area contributed by atoms with Crippen LogP contribution in [-0.4, -0.2) is 25.6 Å². The van der Waals surface area contributed by atoms with Gasteiger partial charge >= 0.3 is 15.5 Å². The maximum atomic E-state index is 12.8. The van der Waals surface area contributed by atoms with E-state index in [2.05, 4.69) is 0 Å². The largest absolute Gasteiger partial charge is 0.516 e. The lowest BCUT2D eigenvalue weighted by Crippen LogP contribution is -2.30. The summed E-state index contributed by atoms with van der Waals surface area (Å²) in [5, 5.41) is 10.8. The fourth-order valence-corrected chi connectivity index (χ4v) is 4.31. The first-order valence-electron chi connectivity index (χ1n) is 9.83. The van der Waals surface area contributed by atoms with E-state index in [4.69, 9.17) is 4.74 Å². The summed E-state index contributed by atoms with van der Waals surface area (Å²) < 4.78 is 69.1. The Kier molecular flexibility index (Phi) is 5.87. The van der Waals surface area contributed by atoms with E-state index in [0.717, 1.165) is 5.56 Å². The van der Waals surface area contributed by atoms with Crippen LogP contribution in [-0.2, 0) is 16.4 Å². The van der Waals surface area contributed by atoms with Crippen molar-refractivity contribution >= 4 is 15.7 Å². The van der Waals surface area contributed by atoms with Gasteiger partial charge in [0.25, 0.3) is 0 Å². The first-order chi connectivity index (χ1) is 15.2. The molecule has 0 fully saturated rings. The molecule has 3 aromatic carbocycles. The quantitative estimate of drug-likeness (QED) is 0.565. The molecular weight excluding hydrogens is 443 g/mol. The summed E-state index contributed by atoms with van der Waals surface area (Å²) in [4.78, 5) is 0. The fraction of sp³-hybridized carbons (Fsp3) is 0.217. The predicted molar refractivity (Wildman–Crippen MR) is 115 cm³/mol. The highest BCUT2D eigenvalue weighted by atomic mass is 32.2. The maximum Gasteiger partial charge on any atom is 0.516 e. The van der Waals surface area contributed by atoms with Gasteiger partial charge in [0.15, 0.2) is 0 Å². The second-order valence-electron chi connectivity index (χ2n) is 7.56. The molecule has 0 aromatic heterocycles. The van der Waals surface area contributed by atoms with Gasteiger partial charge in [-0.2, -0.15) is 21.6 Å². The summed E-state index contributed by atoms with van der Waals surface area (Å²) in [6.45, 7) is 0.273. The number of anilines is 1. The molecule has 0 amide bonds. The number of fused-ring (bicyclic) bond motifs is 1. The van der Waals surface area contributed by atoms with Gasteiger partial charge in [0.2, 0.25) is 0 Å². The van der Waals surface area contributed by atoms with E-state index in [9.17, 15) is 26.7 Å². The number of halogens is 3. The van der Waals surface area contributed by atoms with Crippen LogP contribution in [0.2, 0.25) is 0 Å². The molecule has 0 radical (unpaired) electrons. The van der Waals surface area contributed by atoms with Crippen molar-refractivity contribution in [1.82, 2.24) is 0 Å². The van der Waals surface area contributed by atoms with Crippen LogP contribution in [0.25, 0.3) is 11.1 Å². The number of rotatable bonds is 5. The summed E-state index contributed by atoms with van der Waals surface area (Å²) in [6, 6.07) is 20.4. The van der Waals surface area contributed by atoms with Crippen molar-refractivity contribution in [3.8, 4) is 16.9 Å². The SMILES string of the molecule is O=S(=O)(Nc1ccccc1-c1ccc2c(c1)OC[C@H](Cc1ccccc1)[C@H]2O)C(F)(F)F. The van der Waals surface area contributed by atoms with E-state index in [1.165, 1.54) is 18.2 Å². The van der Waals surface area contributed by atoms with E-state index in [0.29, 0.717) is 23.3 Å². The van der Waals surface area contributed by atoms with Crippen molar-refractivity contribution in [3.05, 3.63) is 83.9 Å². The summed E-state index contributed by atoms with van der Waals surface area (Å²) in [7, 11) is -5.57. The normalized spacial score (nSPS) is 18.5. The molecule has 3 aromatic rings. The van der Waals surface area contributed by atoms with Gasteiger partial charge in [-0.1, -0.05) is 60.7 Å². The molecule has 2 N–H and O–H groups in total. The van der Waals surface area contributed by atoms with Crippen LogP contribution in [0.4, 0.5) is 18.9 Å². The van der Waals surface area contributed by atoms with Crippen molar-refractivity contribution in [3.63, 3.8) is 0 Å². The van der Waals surface area contributed by atoms with E-state index < -0.39 is 21.6 Å². The topological polar surface area (TPSA) is 75.6 Å². The van der Waals surface area contributed by atoms with E-state index in [-0.39, 0.29) is 23.8 Å². The monoisotopic (exact) mass is 463 g/mol. The van der Waals surface area contributed by atoms with Gasteiger partial charge in [0, 0.05) is 17.0 Å². The molecule has 32 heavy (non-hydrogen) atoms. The number of ether oxygens (including phenoxy) is 1. The average molecular weight is 463 g/mol. The molecule has 0 saturated carbocycles. The zero-order valence-electron chi connectivity index (χ0n) is 16.7. The molecule has 0 saturated heterocycles. The minimum Gasteiger partial charge on any atom is -0.493 e. The molecule has 0 spiro atoms. The van der Waals surface area contributed by atoms with E-state index >= 15 is 0 Å². The smallest absolute Gasteiger partial charge is 0.493 e. The highest BCUT2D eigenvalue weighted by molar-refractivity contribution is 7.93. The van der Waals surface area contributed by atoms with E-state index in [1.54, 1.807) is 29.0 Å². The number of benzene rings is 3. The summed E-state index contributed by atoms with van der Waals surface area (Å²) in [6.07, 6.45) is -0.141. The number of aliphatic hydroxyl groups excluding tert-OH is 1. The van der Waals surface area contributed by atoms with Crippen molar-refractivity contribution < 1.29 is 31.4 Å². The Labute approximate surface area is 183 Å². The third-order valence-electron chi connectivity index (χ3n) is 5.36. The number of sulfonamides is 1. The fourth-order valence-electron chi connectivity index (χ4n) is 3.73. The highest BCUT2D eigenvalue weighted by Gasteiger charge is 2.46. The highest BCUT2D eigenvalue weighted by Crippen LogP contribution is 2.41. The zero-order valence-corrected chi connectivity index (χ0v) is 17.5. The molecule has 5 nitrogen and oxygen atoms in total. The molecule has 4 rings (SSSR count). The predicted octanol–water partition coefficient (Wildman–Crippen LogP) is 4.90. The Morgan fingerprint density at radius 1 is 1.00 bits per heavy atom. The Bertz CT molecular complexity index is 1210. The Balaban J connectivity index is 1.61. The lowest BCUT2D eigenvalue weighted by Gasteiger charge is -2.31. The third-order valence-corrected chi connectivity index (χ3v) is 6.46. The number of aliphatic hydroxyl groups is 1. The van der Waals surface area contributed by atoms with Gasteiger partial charge in [0.1, 0.15) is 5.75 Å². The second-order valence-corrected chi connectivity index (χ2v) is 9.23. The first kappa shape index (κ1) is 22.2. The molecule has 168 valence electrons. The van der Waals surface area contributed by atoms with Gasteiger partial charge < -0.3 is 9.84 Å². The molecule has 0 aliphatic carbocycles. The zero-order chi connectivity index (χ0) is 22.9. The molecule has 0 unspecified atom stereocenters. The van der Waals surface area contributed by atoms with Crippen LogP contribution in [0, 0.1) is 5.92 Å². The third kappa shape index (κ3) is 4.44. The minimum absolute atomic E-state index is 0.151. The summed E-state index contributed by atoms with van der Waals surface area (Å²) in [5.74, 6) is 0.259. The lowest BCUT2D eigenvalue weighted by molar-refractivity contribution is -0.0429. The molecule has 1 aliphatic heterocycles. The molecule has 1 aliphatic rings. The lowest BCUT2D eigenvalue weighted by atomic mass is 9.87. The Morgan fingerprint density at radius 3 is 2.41 bits per heavy atom. The number of alkyl halides is 3. The summed E-state index contributed by atoms with van der Waals surface area (Å²) >= 11 is 0. The second kappa shape index (κ2) is 8.48. The maximum absolute atomic E-state index is 12.8. The van der Waals surface area contributed by atoms with Crippen molar-refractivity contribution in [2.75, 3.05) is 11.3 Å². The van der Waals surface area contributed by atoms with Gasteiger partial charge in [0.05, 0.1) is 18.4 Å². The van der Waals surface area contributed by atoms with Crippen LogP contribution in [0.1, 0.15) is 17.2 Å². The minimum atomic E-state index is -5.57. The van der Waals surface area contributed by atoms with Crippen LogP contribution in [0.3, 0.4) is 0 Å². The molecule has 1 heterocycles. The Morgan fingerprint density at radius 2 is 1.69 bits per heavy atom. The van der Waals surface area contributed by atoms with Gasteiger partial charge in [-0.3, -0.25) is 4.72 Å². The standard InChI is InChI=1S/C23H20F3NO4S/c24-23(25,26)32(29,30)27-20-9-5-4-8-18(20)16-10-11-19-21(13-16)31-14-17(22(19)28)12-15-6-2-1-3-7-15/h1-11,13,17,22,27-28H,12,14H2/t17-,22+/m0/s1. The van der Waals surface area contributed by atoms with Crippen LogP contribution in [0.5, 0.6) is 5.75 Å². The average Bonchev–Trinajstić information content (AvgIpc) is 2.75. The number of nitrogens with one attached hydrogen (secondary N) is 1. The van der Waals surface area contributed by atoms with Crippen LogP contribution >= 0.6 is 0 Å². The van der Waals surface area contributed by atoms with Crippen molar-refractivity contribution in [2.24, 2.45) is 5.92 Å². The summed E-state index contributed by atoms with van der Waals surface area (Å²) in [5.41, 5.74) is -3.27. The van der Waals surface area contributed by atoms with E-state index in [1.807, 2.05) is 30.3 Å². The molecular formula is C23H20F3NO4S. The molecule has 2 atom stereocenters. The van der Waals surface area contributed by atoms with Gasteiger partial charge in [-0.05, 0) is 29.7 Å². The number of hydrogen-bond donors (Lipinski definition) is 2. The number of hydrogen-bond acceptors (Lipinski definition) is 4. The van der Waals surface area contributed by atoms with Crippen molar-refractivity contribution in [1.29, 1.82) is 0 Å². The van der Waals surface area contributed by atoms with Crippen molar-refractivity contribution in [2.45, 2.75) is 18.0 Å². The molecule has 9 heteroatoms. The Hall–Kier alpha value is -3.04. The molecule has 0 bridgehead atoms. The van der Waals surface area contributed by atoms with Crippen LogP contribution < -0.4 is 9.46 Å². The first-order valence-corrected chi connectivity index (χ1v) is 11.3.